The third-order valence-electron chi connectivity index (χ3n) is 11.8. The van der Waals surface area contributed by atoms with Crippen LogP contribution >= 0.6 is 0 Å². The first-order chi connectivity index (χ1) is 20.5. The Morgan fingerprint density at radius 3 is 1.19 bits per heavy atom. The largest absolute Gasteiger partial charge is 0.455 e. The van der Waals surface area contributed by atoms with Crippen LogP contribution in [0.3, 0.4) is 0 Å². The van der Waals surface area contributed by atoms with E-state index in [4.69, 9.17) is 9.47 Å². The summed E-state index contributed by atoms with van der Waals surface area (Å²) in [6, 6.07) is 20.6. The molecule has 0 N–H and O–H groups in total. The predicted octanol–water partition coefficient (Wildman–Crippen LogP) is 9.50. The Morgan fingerprint density at radius 2 is 0.810 bits per heavy atom. The van der Waals surface area contributed by atoms with Gasteiger partial charge < -0.3 is 9.47 Å². The van der Waals surface area contributed by atoms with Gasteiger partial charge >= 0.3 is 11.9 Å². The molecule has 5 aromatic carbocycles. The van der Waals surface area contributed by atoms with E-state index in [2.05, 4.69) is 36.4 Å². The van der Waals surface area contributed by atoms with Crippen LogP contribution in [0.15, 0.2) is 60.7 Å². The molecule has 11 rings (SSSR count). The molecule has 4 heteroatoms. The van der Waals surface area contributed by atoms with Gasteiger partial charge in [-0.1, -0.05) is 48.5 Å². The maximum atomic E-state index is 13.7. The van der Waals surface area contributed by atoms with Crippen LogP contribution in [-0.4, -0.2) is 23.1 Å². The second-order valence-corrected chi connectivity index (χ2v) is 13.9. The summed E-state index contributed by atoms with van der Waals surface area (Å²) < 4.78 is 12.7. The van der Waals surface area contributed by atoms with Gasteiger partial charge in [-0.2, -0.15) is 0 Å². The Kier molecular flexibility index (Phi) is 5.29. The number of hydrogen-bond acceptors (Lipinski definition) is 4. The molecule has 42 heavy (non-hydrogen) atoms. The fraction of sp³-hybridized carbons (Fsp3) is 0.421. The summed E-state index contributed by atoms with van der Waals surface area (Å²) in [4.78, 5) is 27.5. The van der Waals surface area contributed by atoms with Crippen LogP contribution in [0.4, 0.5) is 0 Å². The molecule has 0 saturated heterocycles. The highest BCUT2D eigenvalue weighted by Crippen LogP contribution is 2.49. The first kappa shape index (κ1) is 24.9. The number of carbonyl (C=O) groups excluding carboxylic acids is 2. The first-order valence-electron chi connectivity index (χ1n) is 16.1. The molecule has 6 saturated carbocycles. The van der Waals surface area contributed by atoms with E-state index in [1.807, 2.05) is 24.3 Å². The van der Waals surface area contributed by atoms with Gasteiger partial charge in [-0.3, -0.25) is 0 Å². The molecule has 0 aromatic heterocycles. The minimum Gasteiger partial charge on any atom is -0.455 e. The summed E-state index contributed by atoms with van der Waals surface area (Å²) in [6.45, 7) is 0. The lowest BCUT2D eigenvalue weighted by Gasteiger charge is -2.45. The lowest BCUT2D eigenvalue weighted by molar-refractivity contribution is -0.0757. The van der Waals surface area contributed by atoms with E-state index < -0.39 is 0 Å². The van der Waals surface area contributed by atoms with Crippen molar-refractivity contribution in [3.8, 4) is 0 Å². The topological polar surface area (TPSA) is 52.6 Å². The highest BCUT2D eigenvalue weighted by Gasteiger charge is 2.45. The minimum atomic E-state index is -0.286. The molecular formula is C38H36O4. The van der Waals surface area contributed by atoms with E-state index in [9.17, 15) is 9.59 Å². The van der Waals surface area contributed by atoms with Gasteiger partial charge in [0.25, 0.3) is 0 Å². The Morgan fingerprint density at radius 1 is 0.476 bits per heavy atom. The van der Waals surface area contributed by atoms with Gasteiger partial charge in [0.05, 0.1) is 11.1 Å². The van der Waals surface area contributed by atoms with Crippen molar-refractivity contribution in [3.05, 3.63) is 71.8 Å². The van der Waals surface area contributed by atoms with Crippen LogP contribution in [0.2, 0.25) is 0 Å². The van der Waals surface area contributed by atoms with Crippen LogP contribution in [0.5, 0.6) is 0 Å². The number of rotatable bonds is 4. The van der Waals surface area contributed by atoms with E-state index in [1.165, 1.54) is 38.5 Å². The molecule has 0 heterocycles. The second kappa shape index (κ2) is 8.92. The molecule has 0 amide bonds. The van der Waals surface area contributed by atoms with Gasteiger partial charge in [-0.25, -0.2) is 9.59 Å². The normalized spacial score (nSPS) is 28.7. The summed E-state index contributed by atoms with van der Waals surface area (Å²) in [6.07, 6.45) is 13.0. The van der Waals surface area contributed by atoms with E-state index >= 15 is 0 Å². The third kappa shape index (κ3) is 3.60. The maximum Gasteiger partial charge on any atom is 0.339 e. The summed E-state index contributed by atoms with van der Waals surface area (Å²) in [5, 5.41) is 8.45. The standard InChI is InChI=1S/C38H36O4/c39-35(41-37-17-11-23(12-18-37)13-19-37)31-9-7-29-30-8-10-32(36(40)42-38-20-14-24(15-21-38)16-22-38)28-6-2-4-26(34(28)30)25-3-1-5-27(31)33(25)29/h1-10,23-24H,11-22H2. The number of benzene rings is 5. The average Bonchev–Trinajstić information content (AvgIpc) is 3.04. The molecule has 0 aliphatic heterocycles. The second-order valence-electron chi connectivity index (χ2n) is 13.9. The fourth-order valence-corrected chi connectivity index (χ4v) is 9.30. The average molecular weight is 557 g/mol. The number of esters is 2. The molecule has 212 valence electrons. The van der Waals surface area contributed by atoms with Gasteiger partial charge in [-0.05, 0) is 144 Å². The molecule has 6 aliphatic carbocycles. The molecule has 4 bridgehead atoms. The van der Waals surface area contributed by atoms with E-state index in [0.717, 1.165) is 93.5 Å². The Balaban J connectivity index is 1.16. The zero-order chi connectivity index (χ0) is 28.1. The summed E-state index contributed by atoms with van der Waals surface area (Å²) in [5.41, 5.74) is 0.723. The van der Waals surface area contributed by atoms with E-state index in [-0.39, 0.29) is 23.1 Å². The Bertz CT molecular complexity index is 1710. The SMILES string of the molecule is O=C(OC12CCC(CC1)CC2)c1ccc2c3ccc(C(=O)OC45CCC(CC4)CC5)c4cccc(c5cccc1c52)c43. The van der Waals surface area contributed by atoms with Crippen molar-refractivity contribution in [1.29, 1.82) is 0 Å². The molecule has 4 nitrogen and oxygen atoms in total. The van der Waals surface area contributed by atoms with Crippen molar-refractivity contribution >= 4 is 55.0 Å². The van der Waals surface area contributed by atoms with Crippen molar-refractivity contribution in [2.45, 2.75) is 88.3 Å². The van der Waals surface area contributed by atoms with Crippen LogP contribution in [0.25, 0.3) is 43.1 Å². The predicted molar refractivity (Wildman–Crippen MR) is 166 cm³/mol. The Labute approximate surface area is 245 Å². The zero-order valence-electron chi connectivity index (χ0n) is 24.0. The molecule has 0 unspecified atom stereocenters. The van der Waals surface area contributed by atoms with Crippen molar-refractivity contribution in [2.75, 3.05) is 0 Å². The first-order valence-corrected chi connectivity index (χ1v) is 16.1. The molecule has 6 aliphatic rings. The van der Waals surface area contributed by atoms with Gasteiger partial charge in [0, 0.05) is 0 Å². The third-order valence-corrected chi connectivity index (χ3v) is 11.8. The molecule has 0 radical (unpaired) electrons. The summed E-state index contributed by atoms with van der Waals surface area (Å²) >= 11 is 0. The fourth-order valence-electron chi connectivity index (χ4n) is 9.30. The van der Waals surface area contributed by atoms with Crippen molar-refractivity contribution in [3.63, 3.8) is 0 Å². The number of fused-ring (bicyclic) bond motifs is 8. The molecular weight excluding hydrogens is 520 g/mol. The van der Waals surface area contributed by atoms with Crippen LogP contribution in [0, 0.1) is 11.8 Å². The van der Waals surface area contributed by atoms with Gasteiger partial charge in [-0.15, -0.1) is 0 Å². The monoisotopic (exact) mass is 556 g/mol. The molecule has 0 atom stereocenters. The summed E-state index contributed by atoms with van der Waals surface area (Å²) in [7, 11) is 0. The summed E-state index contributed by atoms with van der Waals surface area (Å²) in [5.74, 6) is 1.24. The van der Waals surface area contributed by atoms with Crippen molar-refractivity contribution in [1.82, 2.24) is 0 Å². The highest BCUT2D eigenvalue weighted by atomic mass is 16.6. The number of ether oxygens (including phenoxy) is 2. The molecule has 5 aromatic rings. The number of carbonyl (C=O) groups is 2. The van der Waals surface area contributed by atoms with Crippen LogP contribution in [-0.2, 0) is 9.47 Å². The smallest absolute Gasteiger partial charge is 0.339 e. The van der Waals surface area contributed by atoms with Gasteiger partial charge in [0.2, 0.25) is 0 Å². The molecule has 6 fully saturated rings. The Hall–Kier alpha value is -3.66. The van der Waals surface area contributed by atoms with E-state index in [1.54, 1.807) is 0 Å². The lowest BCUT2D eigenvalue weighted by atomic mass is 9.68. The van der Waals surface area contributed by atoms with E-state index in [0.29, 0.717) is 11.1 Å². The minimum absolute atomic E-state index is 0.197. The quantitative estimate of drug-likeness (QED) is 0.126. The van der Waals surface area contributed by atoms with Crippen molar-refractivity contribution in [2.24, 2.45) is 11.8 Å². The highest BCUT2D eigenvalue weighted by molar-refractivity contribution is 6.35. The molecule has 0 spiro atoms. The lowest BCUT2D eigenvalue weighted by Crippen LogP contribution is -2.43. The zero-order valence-corrected chi connectivity index (χ0v) is 24.0. The van der Waals surface area contributed by atoms with Gasteiger partial charge in [0.15, 0.2) is 0 Å². The van der Waals surface area contributed by atoms with Crippen LogP contribution in [0.1, 0.15) is 97.8 Å². The van der Waals surface area contributed by atoms with Crippen molar-refractivity contribution < 1.29 is 19.1 Å². The van der Waals surface area contributed by atoms with Crippen LogP contribution < -0.4 is 0 Å². The maximum absolute atomic E-state index is 13.7. The van der Waals surface area contributed by atoms with Gasteiger partial charge in [0.1, 0.15) is 11.2 Å². The number of hydrogen-bond donors (Lipinski definition) is 0.